The molecule has 0 atom stereocenters. The molecule has 4 rings (SSSR count). The molecule has 0 spiro atoms. The van der Waals surface area contributed by atoms with E-state index < -0.39 is 18.0 Å². The number of nitrogens with zero attached hydrogens (tertiary/aromatic N) is 4. The van der Waals surface area contributed by atoms with E-state index in [-0.39, 0.29) is 18.0 Å². The van der Waals surface area contributed by atoms with Crippen LogP contribution in [0.25, 0.3) is 28.2 Å². The number of halogens is 3. The van der Waals surface area contributed by atoms with Crippen molar-refractivity contribution in [1.82, 2.24) is 15.0 Å². The quantitative estimate of drug-likeness (QED) is 0.458. The number of benzene rings is 2. The van der Waals surface area contributed by atoms with Gasteiger partial charge in [-0.15, -0.1) is 0 Å². The number of hydrogen-bond donors (Lipinski definition) is 2. The van der Waals surface area contributed by atoms with Crippen molar-refractivity contribution in [2.75, 3.05) is 20.1 Å². The lowest BCUT2D eigenvalue weighted by atomic mass is 9.94. The molecule has 2 N–H and O–H groups in total. The summed E-state index contributed by atoms with van der Waals surface area (Å²) >= 11 is 0. The normalized spacial score (nSPS) is 14.2. The molecule has 0 saturated heterocycles. The fourth-order valence-electron chi connectivity index (χ4n) is 3.98. The third-order valence-electron chi connectivity index (χ3n) is 5.65. The Morgan fingerprint density at radius 1 is 1.08 bits per heavy atom. The third kappa shape index (κ3) is 5.96. The van der Waals surface area contributed by atoms with Crippen LogP contribution in [-0.2, 0) is 6.18 Å². The minimum Gasteiger partial charge on any atom is -0.367 e. The fraction of sp³-hybridized carbons (Fsp3) is 0.269. The minimum absolute atomic E-state index is 0.0986. The van der Waals surface area contributed by atoms with Crippen molar-refractivity contribution < 1.29 is 27.9 Å². The van der Waals surface area contributed by atoms with E-state index in [1.165, 1.54) is 12.1 Å². The SMILES string of the molecule is Cc1cc(-c2nc(C3=CCC=C(CN(C)CC(O)O)N=C3)no2)ccc1-c1ccccc1C(F)(F)F. The lowest BCUT2D eigenvalue weighted by Crippen LogP contribution is -2.30. The fourth-order valence-corrected chi connectivity index (χ4v) is 3.98. The third-order valence-corrected chi connectivity index (χ3v) is 5.65. The van der Waals surface area contributed by atoms with E-state index in [0.29, 0.717) is 41.1 Å². The molecule has 10 heteroatoms. The molecule has 0 fully saturated rings. The first-order valence-corrected chi connectivity index (χ1v) is 11.2. The molecule has 2 aromatic carbocycles. The summed E-state index contributed by atoms with van der Waals surface area (Å²) in [5.74, 6) is 0.582. The van der Waals surface area contributed by atoms with E-state index >= 15 is 0 Å². The number of aliphatic imine (C=N–C) groups is 1. The number of allylic oxidation sites excluding steroid dienone is 3. The van der Waals surface area contributed by atoms with Gasteiger partial charge in [0, 0.05) is 30.4 Å². The zero-order valence-corrected chi connectivity index (χ0v) is 19.7. The van der Waals surface area contributed by atoms with Crippen LogP contribution in [0, 0.1) is 6.92 Å². The predicted octanol–water partition coefficient (Wildman–Crippen LogP) is 4.72. The van der Waals surface area contributed by atoms with Crippen LogP contribution in [0.3, 0.4) is 0 Å². The van der Waals surface area contributed by atoms with Gasteiger partial charge in [0.05, 0.1) is 11.3 Å². The van der Waals surface area contributed by atoms with Gasteiger partial charge in [-0.05, 0) is 55.3 Å². The summed E-state index contributed by atoms with van der Waals surface area (Å²) in [7, 11) is 1.76. The van der Waals surface area contributed by atoms with Gasteiger partial charge in [0.2, 0.25) is 5.82 Å². The monoisotopic (exact) mass is 498 g/mol. The summed E-state index contributed by atoms with van der Waals surface area (Å²) in [6.45, 7) is 2.28. The molecule has 1 aromatic heterocycles. The molecule has 3 aromatic rings. The second-order valence-corrected chi connectivity index (χ2v) is 8.52. The Morgan fingerprint density at radius 2 is 1.86 bits per heavy atom. The minimum atomic E-state index is -4.46. The molecule has 0 aliphatic carbocycles. The number of rotatable bonds is 7. The summed E-state index contributed by atoms with van der Waals surface area (Å²) in [6, 6.07) is 10.5. The molecule has 1 aliphatic rings. The molecular weight excluding hydrogens is 473 g/mol. The predicted molar refractivity (Wildman–Crippen MR) is 130 cm³/mol. The van der Waals surface area contributed by atoms with E-state index in [2.05, 4.69) is 15.1 Å². The second kappa shape index (κ2) is 10.6. The molecule has 188 valence electrons. The number of aliphatic hydroxyl groups excluding tert-OH is 1. The zero-order chi connectivity index (χ0) is 25.9. The van der Waals surface area contributed by atoms with Gasteiger partial charge in [-0.3, -0.25) is 9.89 Å². The zero-order valence-electron chi connectivity index (χ0n) is 19.7. The maximum absolute atomic E-state index is 13.5. The van der Waals surface area contributed by atoms with Crippen molar-refractivity contribution in [3.05, 3.63) is 77.3 Å². The standard InChI is InChI=1S/C26H25F3N4O3/c1-16-12-17(10-11-20(16)21-8-3-4-9-22(21)26(27,28)29)25-31-24(32-36-25)18-6-5-7-19(30-13-18)14-33(2)15-23(34)35/h3-4,6-13,23,34-35H,5,14-15H2,1-2H3. The largest absolute Gasteiger partial charge is 0.417 e. The Bertz CT molecular complexity index is 1330. The number of likely N-dealkylation sites (N-methyl/N-ethyl adjacent to an activating group) is 1. The molecule has 2 heterocycles. The number of aliphatic hydroxyl groups is 2. The first kappa shape index (κ1) is 25.5. The lowest BCUT2D eigenvalue weighted by Gasteiger charge is -2.17. The Hall–Kier alpha value is -3.60. The molecule has 0 unspecified atom stereocenters. The Kier molecular flexibility index (Phi) is 7.48. The lowest BCUT2D eigenvalue weighted by molar-refractivity contribution is -0.137. The van der Waals surface area contributed by atoms with Gasteiger partial charge in [0.1, 0.15) is 0 Å². The van der Waals surface area contributed by atoms with E-state index in [1.54, 1.807) is 49.4 Å². The molecule has 0 radical (unpaired) electrons. The highest BCUT2D eigenvalue weighted by Gasteiger charge is 2.33. The van der Waals surface area contributed by atoms with Crippen LogP contribution >= 0.6 is 0 Å². The smallest absolute Gasteiger partial charge is 0.367 e. The van der Waals surface area contributed by atoms with Crippen molar-refractivity contribution >= 4 is 11.8 Å². The van der Waals surface area contributed by atoms with Crippen molar-refractivity contribution in [1.29, 1.82) is 0 Å². The van der Waals surface area contributed by atoms with Gasteiger partial charge in [-0.25, -0.2) is 0 Å². The van der Waals surface area contributed by atoms with E-state index in [4.69, 9.17) is 14.7 Å². The van der Waals surface area contributed by atoms with Crippen LogP contribution in [0.4, 0.5) is 13.2 Å². The molecule has 0 amide bonds. The van der Waals surface area contributed by atoms with Crippen LogP contribution in [0.1, 0.15) is 23.4 Å². The summed E-state index contributed by atoms with van der Waals surface area (Å²) in [5, 5.41) is 22.3. The van der Waals surface area contributed by atoms with Crippen LogP contribution in [0.15, 0.2) is 69.8 Å². The van der Waals surface area contributed by atoms with Crippen molar-refractivity contribution in [3.63, 3.8) is 0 Å². The van der Waals surface area contributed by atoms with Crippen LogP contribution in [0.5, 0.6) is 0 Å². The molecule has 36 heavy (non-hydrogen) atoms. The number of alkyl halides is 3. The van der Waals surface area contributed by atoms with Crippen molar-refractivity contribution in [2.24, 2.45) is 4.99 Å². The van der Waals surface area contributed by atoms with E-state index in [9.17, 15) is 13.2 Å². The topological polar surface area (TPSA) is 95.0 Å². The van der Waals surface area contributed by atoms with E-state index in [0.717, 1.165) is 11.8 Å². The van der Waals surface area contributed by atoms with Crippen LogP contribution < -0.4 is 0 Å². The Morgan fingerprint density at radius 3 is 2.58 bits per heavy atom. The van der Waals surface area contributed by atoms with Crippen molar-refractivity contribution in [3.8, 4) is 22.6 Å². The molecular formula is C26H25F3N4O3. The average Bonchev–Trinajstić information content (AvgIpc) is 3.19. The second-order valence-electron chi connectivity index (χ2n) is 8.52. The highest BCUT2D eigenvalue weighted by atomic mass is 19.4. The van der Waals surface area contributed by atoms with Crippen molar-refractivity contribution in [2.45, 2.75) is 25.8 Å². The highest BCUT2D eigenvalue weighted by Crippen LogP contribution is 2.38. The van der Waals surface area contributed by atoms with Gasteiger partial charge in [0.25, 0.3) is 5.89 Å². The number of aromatic nitrogens is 2. The maximum Gasteiger partial charge on any atom is 0.417 e. The Labute approximate surface area is 205 Å². The van der Waals surface area contributed by atoms with Crippen LogP contribution in [0.2, 0.25) is 0 Å². The van der Waals surface area contributed by atoms with Gasteiger partial charge < -0.3 is 14.7 Å². The first-order valence-electron chi connectivity index (χ1n) is 11.2. The van der Waals surface area contributed by atoms with Crippen LogP contribution in [-0.4, -0.2) is 57.9 Å². The summed E-state index contributed by atoms with van der Waals surface area (Å²) in [5.41, 5.74) is 2.56. The molecule has 0 saturated carbocycles. The van der Waals surface area contributed by atoms with Gasteiger partial charge in [-0.2, -0.15) is 18.2 Å². The van der Waals surface area contributed by atoms with Gasteiger partial charge in [-0.1, -0.05) is 41.6 Å². The molecule has 0 bridgehead atoms. The number of aryl methyl sites for hydroxylation is 1. The summed E-state index contributed by atoms with van der Waals surface area (Å²) < 4.78 is 45.9. The van der Waals surface area contributed by atoms with Gasteiger partial charge in [0.15, 0.2) is 6.29 Å². The van der Waals surface area contributed by atoms with E-state index in [1.807, 2.05) is 12.2 Å². The average molecular weight is 499 g/mol. The summed E-state index contributed by atoms with van der Waals surface area (Å²) in [4.78, 5) is 10.6. The molecule has 1 aliphatic heterocycles. The maximum atomic E-state index is 13.5. The Balaban J connectivity index is 1.53. The first-order chi connectivity index (χ1) is 17.1. The van der Waals surface area contributed by atoms with Gasteiger partial charge >= 0.3 is 6.18 Å². The summed E-state index contributed by atoms with van der Waals surface area (Å²) in [6.07, 6.45) is 0.144. The highest BCUT2D eigenvalue weighted by molar-refractivity contribution is 6.08. The molecule has 7 nitrogen and oxygen atoms in total. The number of hydrogen-bond acceptors (Lipinski definition) is 7.